The van der Waals surface area contributed by atoms with E-state index in [9.17, 15) is 0 Å². The first-order chi connectivity index (χ1) is 17.5. The van der Waals surface area contributed by atoms with E-state index < -0.39 is 5.06 Å². The second-order valence-electron chi connectivity index (χ2n) is 9.84. The molecule has 2 aliphatic rings. The summed E-state index contributed by atoms with van der Waals surface area (Å²) in [4.78, 5) is 4.88. The molecular formula is C29H35ClN4O2. The summed E-state index contributed by atoms with van der Waals surface area (Å²) in [7, 11) is 3.23. The maximum Gasteiger partial charge on any atom is 0.175 e. The summed E-state index contributed by atoms with van der Waals surface area (Å²) in [6.07, 6.45) is 14.4. The smallest absolute Gasteiger partial charge is 0.175 e. The Labute approximate surface area is 218 Å². The lowest BCUT2D eigenvalue weighted by atomic mass is 9.90. The highest BCUT2D eigenvalue weighted by atomic mass is 35.5. The van der Waals surface area contributed by atoms with Gasteiger partial charge < -0.3 is 24.5 Å². The van der Waals surface area contributed by atoms with Crippen molar-refractivity contribution < 1.29 is 9.47 Å². The topological polar surface area (TPSA) is 59.8 Å². The third-order valence-electron chi connectivity index (χ3n) is 7.50. The third kappa shape index (κ3) is 5.31. The Hall–Kier alpha value is -2.80. The number of aromatic nitrogens is 2. The van der Waals surface area contributed by atoms with Gasteiger partial charge >= 0.3 is 0 Å². The van der Waals surface area contributed by atoms with Crippen molar-refractivity contribution >= 4 is 22.9 Å². The molecule has 190 valence electrons. The molecule has 0 saturated heterocycles. The van der Waals surface area contributed by atoms with Gasteiger partial charge in [-0.2, -0.15) is 0 Å². The van der Waals surface area contributed by atoms with Gasteiger partial charge in [0.1, 0.15) is 11.4 Å². The molecule has 3 aromatic rings. The summed E-state index contributed by atoms with van der Waals surface area (Å²) in [5, 5.41) is 6.46. The fourth-order valence-electron chi connectivity index (χ4n) is 5.25. The van der Waals surface area contributed by atoms with Crippen LogP contribution in [0.4, 0.5) is 5.69 Å². The molecule has 36 heavy (non-hydrogen) atoms. The molecule has 0 bridgehead atoms. The zero-order valence-corrected chi connectivity index (χ0v) is 22.0. The molecule has 2 atom stereocenters. The number of nitrogens with one attached hydrogen (secondary N) is 2. The minimum absolute atomic E-state index is 0.221. The molecule has 0 amide bonds. The SMILES string of the molecule is COC1=CC(Cl)(OC)C(c2cn3ccc(N[C@H]4CC[C@@H](NCc5ccccc5C)CC4)cc3n2)C=C1. The molecule has 0 aliphatic heterocycles. The normalized spacial score (nSPS) is 26.1. The molecule has 2 aromatic heterocycles. The largest absolute Gasteiger partial charge is 0.497 e. The quantitative estimate of drug-likeness (QED) is 0.371. The lowest BCUT2D eigenvalue weighted by Crippen LogP contribution is -2.36. The summed E-state index contributed by atoms with van der Waals surface area (Å²) in [5.74, 6) is 0.459. The van der Waals surface area contributed by atoms with Crippen LogP contribution >= 0.6 is 11.6 Å². The first-order valence-corrected chi connectivity index (χ1v) is 13.1. The number of imidazole rings is 1. The number of hydrogen-bond donors (Lipinski definition) is 2. The zero-order valence-electron chi connectivity index (χ0n) is 21.2. The molecule has 6 nitrogen and oxygen atoms in total. The first kappa shape index (κ1) is 24.9. The Kier molecular flexibility index (Phi) is 7.37. The summed E-state index contributed by atoms with van der Waals surface area (Å²) < 4.78 is 13.0. The molecule has 1 saturated carbocycles. The number of rotatable bonds is 8. The summed E-state index contributed by atoms with van der Waals surface area (Å²) >= 11 is 6.80. The Morgan fingerprint density at radius 3 is 2.64 bits per heavy atom. The number of aryl methyl sites for hydroxylation is 1. The third-order valence-corrected chi connectivity index (χ3v) is 8.00. The summed E-state index contributed by atoms with van der Waals surface area (Å²) in [6, 6.07) is 13.9. The van der Waals surface area contributed by atoms with Crippen LogP contribution in [0.3, 0.4) is 0 Å². The van der Waals surface area contributed by atoms with Crippen molar-refractivity contribution in [3.63, 3.8) is 0 Å². The van der Waals surface area contributed by atoms with E-state index in [-0.39, 0.29) is 5.92 Å². The van der Waals surface area contributed by atoms with Gasteiger partial charge in [0.05, 0.1) is 18.7 Å². The lowest BCUT2D eigenvalue weighted by molar-refractivity contribution is 0.0852. The average molecular weight is 507 g/mol. The highest BCUT2D eigenvalue weighted by Crippen LogP contribution is 2.41. The van der Waals surface area contributed by atoms with Crippen LogP contribution in [0.1, 0.15) is 48.4 Å². The molecule has 1 fully saturated rings. The minimum Gasteiger partial charge on any atom is -0.497 e. The van der Waals surface area contributed by atoms with E-state index >= 15 is 0 Å². The van der Waals surface area contributed by atoms with Gasteiger partial charge in [0.25, 0.3) is 0 Å². The number of nitrogens with zero attached hydrogens (tertiary/aromatic N) is 2. The van der Waals surface area contributed by atoms with Gasteiger partial charge in [0.15, 0.2) is 5.06 Å². The number of pyridine rings is 1. The minimum atomic E-state index is -1.04. The molecule has 5 rings (SSSR count). The molecule has 0 radical (unpaired) electrons. The second kappa shape index (κ2) is 10.7. The van der Waals surface area contributed by atoms with Gasteiger partial charge in [-0.05, 0) is 55.9 Å². The summed E-state index contributed by atoms with van der Waals surface area (Å²) in [6.45, 7) is 3.13. The molecule has 2 aliphatic carbocycles. The summed E-state index contributed by atoms with van der Waals surface area (Å²) in [5.41, 5.74) is 5.58. The second-order valence-corrected chi connectivity index (χ2v) is 10.4. The van der Waals surface area contributed by atoms with E-state index in [1.165, 1.54) is 24.0 Å². The van der Waals surface area contributed by atoms with Crippen molar-refractivity contribution in [1.82, 2.24) is 14.7 Å². The number of alkyl halides is 1. The van der Waals surface area contributed by atoms with Gasteiger partial charge in [-0.3, -0.25) is 0 Å². The molecule has 2 N–H and O–H groups in total. The molecular weight excluding hydrogens is 472 g/mol. The fourth-order valence-corrected chi connectivity index (χ4v) is 5.54. The number of ether oxygens (including phenoxy) is 2. The van der Waals surface area contributed by atoms with Gasteiger partial charge in [0.2, 0.25) is 0 Å². The molecule has 1 aromatic carbocycles. The van der Waals surface area contributed by atoms with Crippen LogP contribution in [0.2, 0.25) is 0 Å². The van der Waals surface area contributed by atoms with Crippen molar-refractivity contribution in [3.8, 4) is 0 Å². The number of fused-ring (bicyclic) bond motifs is 1. The molecule has 2 unspecified atom stereocenters. The van der Waals surface area contributed by atoms with E-state index in [0.29, 0.717) is 17.8 Å². The van der Waals surface area contributed by atoms with Gasteiger partial charge in [-0.25, -0.2) is 4.98 Å². The molecule has 7 heteroatoms. The van der Waals surface area contributed by atoms with Crippen molar-refractivity contribution in [3.05, 3.63) is 89.6 Å². The number of anilines is 1. The molecule has 2 heterocycles. The fraction of sp³-hybridized carbons (Fsp3) is 0.414. The Morgan fingerprint density at radius 1 is 1.11 bits per heavy atom. The van der Waals surface area contributed by atoms with E-state index in [1.807, 2.05) is 22.7 Å². The first-order valence-electron chi connectivity index (χ1n) is 12.7. The van der Waals surface area contributed by atoms with Crippen LogP contribution in [0.15, 0.2) is 72.8 Å². The van der Waals surface area contributed by atoms with Crippen molar-refractivity contribution in [2.75, 3.05) is 19.5 Å². The Morgan fingerprint density at radius 2 is 1.89 bits per heavy atom. The van der Waals surface area contributed by atoms with E-state index in [1.54, 1.807) is 20.3 Å². The highest BCUT2D eigenvalue weighted by Gasteiger charge is 2.39. The maximum atomic E-state index is 6.80. The number of hydrogen-bond acceptors (Lipinski definition) is 5. The van der Waals surface area contributed by atoms with Crippen LogP contribution in [0.25, 0.3) is 5.65 Å². The van der Waals surface area contributed by atoms with Gasteiger partial charge in [-0.1, -0.05) is 41.9 Å². The number of methoxy groups -OCH3 is 2. The van der Waals surface area contributed by atoms with E-state index in [4.69, 9.17) is 26.1 Å². The lowest BCUT2D eigenvalue weighted by Gasteiger charge is -2.31. The highest BCUT2D eigenvalue weighted by molar-refractivity contribution is 6.25. The van der Waals surface area contributed by atoms with E-state index in [0.717, 1.165) is 36.4 Å². The number of allylic oxidation sites excluding steroid dienone is 1. The maximum absolute atomic E-state index is 6.80. The van der Waals surface area contributed by atoms with Crippen LogP contribution < -0.4 is 10.6 Å². The van der Waals surface area contributed by atoms with Crippen LogP contribution in [-0.2, 0) is 16.0 Å². The van der Waals surface area contributed by atoms with Crippen LogP contribution in [0, 0.1) is 6.92 Å². The van der Waals surface area contributed by atoms with Gasteiger partial charge in [-0.15, -0.1) is 0 Å². The van der Waals surface area contributed by atoms with Crippen LogP contribution in [0.5, 0.6) is 0 Å². The van der Waals surface area contributed by atoms with Crippen molar-refractivity contribution in [2.24, 2.45) is 0 Å². The van der Waals surface area contributed by atoms with Crippen LogP contribution in [-0.4, -0.2) is 40.7 Å². The Balaban J connectivity index is 1.20. The average Bonchev–Trinajstić information content (AvgIpc) is 3.32. The molecule has 0 spiro atoms. The zero-order chi connectivity index (χ0) is 25.1. The monoisotopic (exact) mass is 506 g/mol. The van der Waals surface area contributed by atoms with Crippen molar-refractivity contribution in [1.29, 1.82) is 0 Å². The predicted molar refractivity (Wildman–Crippen MR) is 145 cm³/mol. The standard InChI is InChI=1S/C29H35ClN4O2/c1-20-6-4-5-7-21(20)18-31-22-8-10-23(11-9-22)32-24-14-15-34-19-27(33-28(34)16-24)26-13-12-25(35-2)17-29(26,30)36-3/h4-7,12-17,19,22-23,26,31-32H,8-11,18H2,1-3H3/t22-,23+,26?,29?. The van der Waals surface area contributed by atoms with E-state index in [2.05, 4.69) is 60.2 Å². The van der Waals surface area contributed by atoms with Gasteiger partial charge in [0, 0.05) is 56.0 Å². The Bertz CT molecular complexity index is 1260. The number of benzene rings is 1. The van der Waals surface area contributed by atoms with Crippen molar-refractivity contribution in [2.45, 2.75) is 62.2 Å². The number of halogens is 1. The predicted octanol–water partition coefficient (Wildman–Crippen LogP) is 5.92.